The number of hydrogen-bond donors (Lipinski definition) is 2. The van der Waals surface area contributed by atoms with Crippen LogP contribution < -0.4 is 11.1 Å². The maximum absolute atomic E-state index is 5.64. The molecule has 0 amide bonds. The normalized spacial score (nSPS) is 11.8. The first-order valence-corrected chi connectivity index (χ1v) is 5.87. The molecule has 6 heteroatoms. The van der Waals surface area contributed by atoms with Gasteiger partial charge in [-0.05, 0) is 30.7 Å². The van der Waals surface area contributed by atoms with Crippen LogP contribution in [0.15, 0.2) is 36.8 Å². The molecule has 0 fully saturated rings. The summed E-state index contributed by atoms with van der Waals surface area (Å²) in [5.41, 5.74) is 7.44. The SMILES string of the molecule is CC(Nc1nnccc1C(N)=S)c1ccncc1. The molecule has 0 bridgehead atoms. The molecule has 3 N–H and O–H groups in total. The van der Waals surface area contributed by atoms with E-state index in [9.17, 15) is 0 Å². The first-order chi connectivity index (χ1) is 8.68. The lowest BCUT2D eigenvalue weighted by atomic mass is 10.1. The highest BCUT2D eigenvalue weighted by Gasteiger charge is 2.11. The van der Waals surface area contributed by atoms with Crippen molar-refractivity contribution in [1.82, 2.24) is 15.2 Å². The molecule has 0 aliphatic carbocycles. The van der Waals surface area contributed by atoms with Gasteiger partial charge in [0.1, 0.15) is 4.99 Å². The fraction of sp³-hybridized carbons (Fsp3) is 0.167. The van der Waals surface area contributed by atoms with Gasteiger partial charge in [-0.15, -0.1) is 5.10 Å². The second kappa shape index (κ2) is 5.50. The minimum absolute atomic E-state index is 0.0674. The summed E-state index contributed by atoms with van der Waals surface area (Å²) in [6, 6.07) is 5.69. The average molecular weight is 259 g/mol. The lowest BCUT2D eigenvalue weighted by Crippen LogP contribution is -2.16. The van der Waals surface area contributed by atoms with Crippen molar-refractivity contribution in [1.29, 1.82) is 0 Å². The summed E-state index contributed by atoms with van der Waals surface area (Å²) in [4.78, 5) is 4.28. The van der Waals surface area contributed by atoms with Crippen molar-refractivity contribution in [2.45, 2.75) is 13.0 Å². The van der Waals surface area contributed by atoms with Gasteiger partial charge in [0.15, 0.2) is 5.82 Å². The minimum atomic E-state index is 0.0674. The zero-order valence-electron chi connectivity index (χ0n) is 9.87. The molecule has 0 saturated carbocycles. The monoisotopic (exact) mass is 259 g/mol. The largest absolute Gasteiger partial charge is 0.389 e. The van der Waals surface area contributed by atoms with Gasteiger partial charge in [0.2, 0.25) is 0 Å². The van der Waals surface area contributed by atoms with E-state index in [1.807, 2.05) is 19.1 Å². The van der Waals surface area contributed by atoms with E-state index in [2.05, 4.69) is 20.5 Å². The number of hydrogen-bond acceptors (Lipinski definition) is 5. The quantitative estimate of drug-likeness (QED) is 0.813. The number of pyridine rings is 1. The predicted molar refractivity (Wildman–Crippen MR) is 74.2 cm³/mol. The minimum Gasteiger partial charge on any atom is -0.389 e. The van der Waals surface area contributed by atoms with Crippen molar-refractivity contribution >= 4 is 23.0 Å². The number of nitrogens with two attached hydrogens (primary N) is 1. The molecule has 0 saturated heterocycles. The number of aromatic nitrogens is 3. The molecule has 92 valence electrons. The zero-order chi connectivity index (χ0) is 13.0. The van der Waals surface area contributed by atoms with Crippen LogP contribution in [0.4, 0.5) is 5.82 Å². The molecule has 1 atom stereocenters. The topological polar surface area (TPSA) is 76.7 Å². The van der Waals surface area contributed by atoms with Gasteiger partial charge >= 0.3 is 0 Å². The molecule has 2 aromatic heterocycles. The van der Waals surface area contributed by atoms with E-state index in [4.69, 9.17) is 18.0 Å². The van der Waals surface area contributed by atoms with Crippen molar-refractivity contribution in [3.63, 3.8) is 0 Å². The van der Waals surface area contributed by atoms with Crippen LogP contribution in [0, 0.1) is 0 Å². The van der Waals surface area contributed by atoms with E-state index in [-0.39, 0.29) is 6.04 Å². The average Bonchev–Trinajstić information content (AvgIpc) is 2.40. The van der Waals surface area contributed by atoms with Crippen LogP contribution in [0.3, 0.4) is 0 Å². The van der Waals surface area contributed by atoms with Crippen molar-refractivity contribution in [2.24, 2.45) is 5.73 Å². The van der Waals surface area contributed by atoms with Crippen molar-refractivity contribution < 1.29 is 0 Å². The first kappa shape index (κ1) is 12.4. The summed E-state index contributed by atoms with van der Waals surface area (Å²) in [5, 5.41) is 11.1. The molecular weight excluding hydrogens is 246 g/mol. The van der Waals surface area contributed by atoms with Crippen LogP contribution in [-0.4, -0.2) is 20.2 Å². The molecule has 2 aromatic rings. The Morgan fingerprint density at radius 2 is 2.00 bits per heavy atom. The maximum Gasteiger partial charge on any atom is 0.159 e. The number of nitrogens with one attached hydrogen (secondary N) is 1. The molecule has 0 aliphatic heterocycles. The fourth-order valence-corrected chi connectivity index (χ4v) is 1.74. The van der Waals surface area contributed by atoms with Crippen molar-refractivity contribution in [3.05, 3.63) is 47.9 Å². The Morgan fingerprint density at radius 1 is 1.28 bits per heavy atom. The van der Waals surface area contributed by atoms with Gasteiger partial charge in [0, 0.05) is 12.4 Å². The molecule has 2 heterocycles. The van der Waals surface area contributed by atoms with Gasteiger partial charge in [-0.25, -0.2) is 0 Å². The van der Waals surface area contributed by atoms with Gasteiger partial charge in [-0.3, -0.25) is 4.98 Å². The first-order valence-electron chi connectivity index (χ1n) is 5.46. The molecule has 2 rings (SSSR count). The highest BCUT2D eigenvalue weighted by molar-refractivity contribution is 7.80. The highest BCUT2D eigenvalue weighted by atomic mass is 32.1. The van der Waals surface area contributed by atoms with E-state index in [1.54, 1.807) is 24.7 Å². The van der Waals surface area contributed by atoms with Gasteiger partial charge in [-0.1, -0.05) is 12.2 Å². The Bertz CT molecular complexity index is 543. The molecular formula is C12H13N5S. The molecule has 1 unspecified atom stereocenters. The Hall–Kier alpha value is -2.08. The van der Waals surface area contributed by atoms with Crippen LogP contribution in [0.25, 0.3) is 0 Å². The summed E-state index contributed by atoms with van der Waals surface area (Å²) in [7, 11) is 0. The lowest BCUT2D eigenvalue weighted by Gasteiger charge is -2.16. The Balaban J connectivity index is 2.22. The molecule has 18 heavy (non-hydrogen) atoms. The third-order valence-electron chi connectivity index (χ3n) is 2.55. The van der Waals surface area contributed by atoms with E-state index >= 15 is 0 Å². The summed E-state index contributed by atoms with van der Waals surface area (Å²) < 4.78 is 0. The van der Waals surface area contributed by atoms with E-state index in [0.29, 0.717) is 16.4 Å². The van der Waals surface area contributed by atoms with Crippen molar-refractivity contribution in [3.8, 4) is 0 Å². The van der Waals surface area contributed by atoms with E-state index in [0.717, 1.165) is 5.56 Å². The fourth-order valence-electron chi connectivity index (χ4n) is 1.58. The molecule has 0 aliphatic rings. The standard InChI is InChI=1S/C12H13N5S/c1-8(9-2-5-14-6-3-9)16-12-10(11(13)18)4-7-15-17-12/h2-8H,1H3,(H2,13,18)(H,16,17). The smallest absolute Gasteiger partial charge is 0.159 e. The lowest BCUT2D eigenvalue weighted by molar-refractivity contribution is 0.856. The zero-order valence-corrected chi connectivity index (χ0v) is 10.7. The Kier molecular flexibility index (Phi) is 3.78. The second-order valence-electron chi connectivity index (χ2n) is 3.80. The summed E-state index contributed by atoms with van der Waals surface area (Å²) in [6.45, 7) is 2.02. The van der Waals surface area contributed by atoms with Gasteiger partial charge in [-0.2, -0.15) is 5.10 Å². The van der Waals surface area contributed by atoms with Crippen LogP contribution in [0.2, 0.25) is 0 Å². The van der Waals surface area contributed by atoms with E-state index < -0.39 is 0 Å². The third kappa shape index (κ3) is 2.78. The van der Waals surface area contributed by atoms with Gasteiger partial charge in [0.25, 0.3) is 0 Å². The van der Waals surface area contributed by atoms with Crippen LogP contribution in [-0.2, 0) is 0 Å². The third-order valence-corrected chi connectivity index (χ3v) is 2.77. The van der Waals surface area contributed by atoms with Crippen LogP contribution in [0.5, 0.6) is 0 Å². The number of rotatable bonds is 4. The summed E-state index contributed by atoms with van der Waals surface area (Å²) in [5.74, 6) is 0.592. The number of anilines is 1. The molecule has 0 spiro atoms. The molecule has 0 radical (unpaired) electrons. The Labute approximate surface area is 110 Å². The van der Waals surface area contributed by atoms with Gasteiger partial charge in [0.05, 0.1) is 17.8 Å². The van der Waals surface area contributed by atoms with E-state index in [1.165, 1.54) is 0 Å². The van der Waals surface area contributed by atoms with Crippen LogP contribution in [0.1, 0.15) is 24.1 Å². The predicted octanol–water partition coefficient (Wildman–Crippen LogP) is 1.68. The maximum atomic E-state index is 5.64. The Morgan fingerprint density at radius 3 is 2.67 bits per heavy atom. The number of thiocarbonyl (C=S) groups is 1. The van der Waals surface area contributed by atoms with Crippen molar-refractivity contribution in [2.75, 3.05) is 5.32 Å². The summed E-state index contributed by atoms with van der Waals surface area (Å²) in [6.07, 6.45) is 5.06. The molecule has 5 nitrogen and oxygen atoms in total. The molecule has 0 aromatic carbocycles. The number of nitrogens with zero attached hydrogens (tertiary/aromatic N) is 3. The summed E-state index contributed by atoms with van der Waals surface area (Å²) >= 11 is 4.98. The van der Waals surface area contributed by atoms with Gasteiger partial charge < -0.3 is 11.1 Å². The van der Waals surface area contributed by atoms with Crippen LogP contribution >= 0.6 is 12.2 Å². The second-order valence-corrected chi connectivity index (χ2v) is 4.24. The highest BCUT2D eigenvalue weighted by Crippen LogP contribution is 2.19.